The second kappa shape index (κ2) is 8.41. The third-order valence-corrected chi connectivity index (χ3v) is 8.45. The molecule has 0 spiro atoms. The molecule has 2 aliphatic rings. The number of halogens is 3. The number of hydrogen-bond donors (Lipinski definition) is 3. The van der Waals surface area contributed by atoms with Crippen molar-refractivity contribution in [1.29, 1.82) is 0 Å². The summed E-state index contributed by atoms with van der Waals surface area (Å²) in [5, 5.41) is 18.3. The quantitative estimate of drug-likeness (QED) is 0.368. The van der Waals surface area contributed by atoms with Crippen LogP contribution in [0.15, 0.2) is 42.5 Å². The number of anilines is 1. The molecule has 4 aromatic rings. The fourth-order valence-corrected chi connectivity index (χ4v) is 6.29. The average molecular weight is 513 g/mol. The standard InChI is InChI=1S/C25H23Cl2FN6O/c26-18-6-2-5-15(20(18)27)21-22-23(33-32-21)31-24(19(11-35)30-22)34-8-7-16-17(10-34)25(16,12-29)13-3-1-4-14(28)9-13/h1-6,9,16-17,35H,7-8,10-12,29H2,(H,31,32,33). The molecule has 0 radical (unpaired) electrons. The van der Waals surface area contributed by atoms with Gasteiger partial charge in [0, 0.05) is 30.6 Å². The number of aliphatic hydroxyl groups excluding tert-OH is 1. The van der Waals surface area contributed by atoms with Gasteiger partial charge in [0.2, 0.25) is 0 Å². The van der Waals surface area contributed by atoms with Crippen molar-refractivity contribution in [2.24, 2.45) is 17.6 Å². The van der Waals surface area contributed by atoms with Crippen molar-refractivity contribution in [3.63, 3.8) is 0 Å². The monoisotopic (exact) mass is 512 g/mol. The van der Waals surface area contributed by atoms with Crippen molar-refractivity contribution in [1.82, 2.24) is 20.2 Å². The molecule has 0 amide bonds. The first-order chi connectivity index (χ1) is 17.0. The number of benzene rings is 2. The molecule has 1 aliphatic heterocycles. The minimum absolute atomic E-state index is 0.238. The van der Waals surface area contributed by atoms with Crippen LogP contribution in [0, 0.1) is 17.7 Å². The van der Waals surface area contributed by atoms with Gasteiger partial charge in [-0.15, -0.1) is 0 Å². The number of nitrogens with two attached hydrogens (primary N) is 1. The predicted molar refractivity (Wildman–Crippen MR) is 134 cm³/mol. The summed E-state index contributed by atoms with van der Waals surface area (Å²) < 4.78 is 14.0. The lowest BCUT2D eigenvalue weighted by Gasteiger charge is -2.28. The van der Waals surface area contributed by atoms with Crippen LogP contribution in [-0.4, -0.2) is 44.9 Å². The van der Waals surface area contributed by atoms with Gasteiger partial charge >= 0.3 is 0 Å². The van der Waals surface area contributed by atoms with Gasteiger partial charge in [-0.2, -0.15) is 5.10 Å². The number of nitrogens with one attached hydrogen (secondary N) is 1. The maximum absolute atomic E-state index is 14.0. The number of aromatic nitrogens is 4. The highest BCUT2D eigenvalue weighted by molar-refractivity contribution is 6.43. The number of piperidine rings is 1. The summed E-state index contributed by atoms with van der Waals surface area (Å²) in [6.07, 6.45) is 0.898. The highest BCUT2D eigenvalue weighted by Gasteiger charge is 2.65. The maximum atomic E-state index is 14.0. The van der Waals surface area contributed by atoms with Crippen LogP contribution in [-0.2, 0) is 12.0 Å². The Bertz CT molecular complexity index is 1450. The Morgan fingerprint density at radius 1 is 1.17 bits per heavy atom. The molecule has 10 heteroatoms. The minimum Gasteiger partial charge on any atom is -0.390 e. The number of nitrogens with zero attached hydrogens (tertiary/aromatic N) is 4. The van der Waals surface area contributed by atoms with E-state index in [4.69, 9.17) is 38.9 Å². The zero-order valence-corrected chi connectivity index (χ0v) is 20.2. The van der Waals surface area contributed by atoms with Crippen LogP contribution in [0.5, 0.6) is 0 Å². The summed E-state index contributed by atoms with van der Waals surface area (Å²) >= 11 is 12.6. The molecule has 1 saturated heterocycles. The summed E-state index contributed by atoms with van der Waals surface area (Å²) in [7, 11) is 0. The van der Waals surface area contributed by atoms with Gasteiger partial charge in [0.25, 0.3) is 0 Å². The van der Waals surface area contributed by atoms with Crippen LogP contribution in [0.1, 0.15) is 17.7 Å². The van der Waals surface area contributed by atoms with Crippen molar-refractivity contribution in [2.45, 2.75) is 18.4 Å². The van der Waals surface area contributed by atoms with E-state index < -0.39 is 0 Å². The van der Waals surface area contributed by atoms with E-state index >= 15 is 0 Å². The van der Waals surface area contributed by atoms with E-state index in [1.165, 1.54) is 6.07 Å². The molecular formula is C25H23Cl2FN6O. The Balaban J connectivity index is 1.35. The molecule has 3 unspecified atom stereocenters. The Morgan fingerprint density at radius 2 is 2.00 bits per heavy atom. The number of rotatable bonds is 5. The molecule has 4 N–H and O–H groups in total. The first kappa shape index (κ1) is 22.7. The molecule has 7 nitrogen and oxygen atoms in total. The van der Waals surface area contributed by atoms with E-state index in [1.807, 2.05) is 12.1 Å². The van der Waals surface area contributed by atoms with Crippen molar-refractivity contribution in [2.75, 3.05) is 24.5 Å². The van der Waals surface area contributed by atoms with Crippen LogP contribution < -0.4 is 10.6 Å². The second-order valence-corrected chi connectivity index (χ2v) is 10.0. The molecule has 3 heterocycles. The van der Waals surface area contributed by atoms with Gasteiger partial charge in [0.1, 0.15) is 22.7 Å². The van der Waals surface area contributed by atoms with Crippen LogP contribution in [0.4, 0.5) is 10.2 Å². The summed E-state index contributed by atoms with van der Waals surface area (Å²) in [6, 6.07) is 12.1. The van der Waals surface area contributed by atoms with Crippen LogP contribution in [0.3, 0.4) is 0 Å². The average Bonchev–Trinajstić information content (AvgIpc) is 3.36. The van der Waals surface area contributed by atoms with Crippen molar-refractivity contribution in [3.8, 4) is 11.3 Å². The predicted octanol–water partition coefficient (Wildman–Crippen LogP) is 4.31. The summed E-state index contributed by atoms with van der Waals surface area (Å²) in [5.41, 5.74) is 9.61. The molecule has 0 bridgehead atoms. The smallest absolute Gasteiger partial charge is 0.177 e. The summed E-state index contributed by atoms with van der Waals surface area (Å²) in [5.74, 6) is 1.03. The molecule has 3 atom stereocenters. The topological polar surface area (TPSA) is 104 Å². The van der Waals surface area contributed by atoms with E-state index in [2.05, 4.69) is 15.1 Å². The number of H-pyrrole nitrogens is 1. The van der Waals surface area contributed by atoms with Gasteiger partial charge in [-0.1, -0.05) is 47.5 Å². The molecule has 2 aromatic heterocycles. The van der Waals surface area contributed by atoms with Gasteiger partial charge in [-0.25, -0.2) is 14.4 Å². The van der Waals surface area contributed by atoms with Crippen molar-refractivity contribution >= 4 is 40.2 Å². The fraction of sp³-hybridized carbons (Fsp3) is 0.320. The summed E-state index contributed by atoms with van der Waals surface area (Å²) in [4.78, 5) is 11.7. The lowest BCUT2D eigenvalue weighted by Crippen LogP contribution is -2.33. The van der Waals surface area contributed by atoms with Gasteiger partial charge in [-0.05, 0) is 42.0 Å². The zero-order valence-electron chi connectivity index (χ0n) is 18.7. The fourth-order valence-electron chi connectivity index (χ4n) is 5.90. The highest BCUT2D eigenvalue weighted by Crippen LogP contribution is 2.63. The van der Waals surface area contributed by atoms with Crippen LogP contribution in [0.2, 0.25) is 10.0 Å². The normalized spacial score (nSPS) is 23.5. The molecule has 6 rings (SSSR count). The Labute approximate surface area is 211 Å². The van der Waals surface area contributed by atoms with Gasteiger partial charge in [-0.3, -0.25) is 5.10 Å². The molecule has 1 aliphatic carbocycles. The van der Waals surface area contributed by atoms with E-state index in [0.717, 1.165) is 18.5 Å². The lowest BCUT2D eigenvalue weighted by molar-refractivity contribution is 0.277. The van der Waals surface area contributed by atoms with Gasteiger partial charge in [0.15, 0.2) is 11.5 Å². The van der Waals surface area contributed by atoms with Gasteiger partial charge < -0.3 is 15.7 Å². The lowest BCUT2D eigenvalue weighted by atomic mass is 9.91. The SMILES string of the molecule is NCC1(c2cccc(F)c2)C2CCN(c3nc4[nH]nc(-c5cccc(Cl)c5Cl)c4nc3CO)CC21. The molecular weight excluding hydrogens is 490 g/mol. The van der Waals surface area contributed by atoms with Crippen molar-refractivity contribution < 1.29 is 9.50 Å². The third-order valence-electron chi connectivity index (χ3n) is 7.63. The molecule has 2 aromatic carbocycles. The number of fused-ring (bicyclic) bond motifs is 2. The number of aromatic amines is 1. The molecule has 1 saturated carbocycles. The van der Waals surface area contributed by atoms with Crippen LogP contribution >= 0.6 is 23.2 Å². The molecule has 35 heavy (non-hydrogen) atoms. The third kappa shape index (κ3) is 3.42. The van der Waals surface area contributed by atoms with Crippen molar-refractivity contribution in [3.05, 3.63) is 69.6 Å². The molecule has 180 valence electrons. The zero-order chi connectivity index (χ0) is 24.3. The van der Waals surface area contributed by atoms with E-state index in [0.29, 0.717) is 63.0 Å². The van der Waals surface area contributed by atoms with E-state index in [-0.39, 0.29) is 23.8 Å². The van der Waals surface area contributed by atoms with E-state index in [1.54, 1.807) is 24.3 Å². The van der Waals surface area contributed by atoms with Crippen LogP contribution in [0.25, 0.3) is 22.4 Å². The number of aliphatic hydroxyl groups is 1. The maximum Gasteiger partial charge on any atom is 0.177 e. The minimum atomic E-state index is -0.275. The van der Waals surface area contributed by atoms with E-state index in [9.17, 15) is 9.50 Å². The first-order valence-electron chi connectivity index (χ1n) is 11.5. The largest absolute Gasteiger partial charge is 0.390 e. The summed E-state index contributed by atoms with van der Waals surface area (Å²) in [6.45, 7) is 1.63. The van der Waals surface area contributed by atoms with Gasteiger partial charge in [0.05, 0.1) is 16.7 Å². The Hall–Kier alpha value is -2.78. The first-order valence-corrected chi connectivity index (χ1v) is 12.2. The molecule has 2 fully saturated rings. The number of hydrogen-bond acceptors (Lipinski definition) is 6. The Morgan fingerprint density at radius 3 is 2.77 bits per heavy atom. The second-order valence-electron chi connectivity index (χ2n) is 9.23. The Kier molecular flexibility index (Phi) is 5.45. The highest BCUT2D eigenvalue weighted by atomic mass is 35.5.